The summed E-state index contributed by atoms with van der Waals surface area (Å²) in [4.78, 5) is 0. The van der Waals surface area contributed by atoms with Gasteiger partial charge in [-0.15, -0.1) is 0 Å². The molecule has 19 heavy (non-hydrogen) atoms. The predicted octanol–water partition coefficient (Wildman–Crippen LogP) is 5.80. The van der Waals surface area contributed by atoms with Crippen LogP contribution in [0, 0.1) is 11.8 Å². The SMILES string of the molecule is CCC1c2ccccc2C=CC1C(C)C[Si](C)(C)C. The highest BCUT2D eigenvalue weighted by Gasteiger charge is 2.31. The summed E-state index contributed by atoms with van der Waals surface area (Å²) in [5.41, 5.74) is 3.01. The zero-order valence-corrected chi connectivity index (χ0v) is 14.1. The van der Waals surface area contributed by atoms with Gasteiger partial charge in [0.05, 0.1) is 0 Å². The second-order valence-corrected chi connectivity index (χ2v) is 12.9. The summed E-state index contributed by atoms with van der Waals surface area (Å²) in [6.07, 6.45) is 6.09. The van der Waals surface area contributed by atoms with Crippen LogP contribution in [-0.2, 0) is 0 Å². The first-order chi connectivity index (χ1) is 8.92. The molecule has 0 aromatic heterocycles. The van der Waals surface area contributed by atoms with Gasteiger partial charge in [0, 0.05) is 8.07 Å². The molecule has 0 heterocycles. The van der Waals surface area contributed by atoms with E-state index in [1.165, 1.54) is 18.0 Å². The van der Waals surface area contributed by atoms with Gasteiger partial charge in [-0.25, -0.2) is 0 Å². The molecular formula is C18H28Si. The Labute approximate surface area is 119 Å². The van der Waals surface area contributed by atoms with E-state index in [4.69, 9.17) is 0 Å². The molecule has 1 aromatic carbocycles. The molecule has 1 aromatic rings. The summed E-state index contributed by atoms with van der Waals surface area (Å²) in [6.45, 7) is 12.3. The van der Waals surface area contributed by atoms with Gasteiger partial charge in [0.2, 0.25) is 0 Å². The first-order valence-electron chi connectivity index (χ1n) is 7.69. The monoisotopic (exact) mass is 272 g/mol. The van der Waals surface area contributed by atoms with Crippen LogP contribution < -0.4 is 0 Å². The minimum Gasteiger partial charge on any atom is -0.0799 e. The first-order valence-corrected chi connectivity index (χ1v) is 11.4. The molecule has 0 fully saturated rings. The Kier molecular flexibility index (Phi) is 4.35. The van der Waals surface area contributed by atoms with E-state index in [-0.39, 0.29) is 0 Å². The highest BCUT2D eigenvalue weighted by Crippen LogP contribution is 2.42. The molecule has 104 valence electrons. The van der Waals surface area contributed by atoms with Crippen molar-refractivity contribution in [3.63, 3.8) is 0 Å². The van der Waals surface area contributed by atoms with Gasteiger partial charge in [-0.1, -0.05) is 76.0 Å². The van der Waals surface area contributed by atoms with Crippen molar-refractivity contribution in [3.8, 4) is 0 Å². The van der Waals surface area contributed by atoms with Gasteiger partial charge in [-0.05, 0) is 35.3 Å². The van der Waals surface area contributed by atoms with E-state index in [0.717, 1.165) is 11.8 Å². The molecule has 0 spiro atoms. The molecule has 1 heteroatoms. The van der Waals surface area contributed by atoms with E-state index in [1.807, 2.05) is 0 Å². The summed E-state index contributed by atoms with van der Waals surface area (Å²) >= 11 is 0. The van der Waals surface area contributed by atoms with Crippen molar-refractivity contribution in [2.45, 2.75) is 51.9 Å². The molecule has 3 atom stereocenters. The van der Waals surface area contributed by atoms with Gasteiger partial charge in [-0.2, -0.15) is 0 Å². The Morgan fingerprint density at radius 3 is 2.47 bits per heavy atom. The van der Waals surface area contributed by atoms with Crippen molar-refractivity contribution in [1.82, 2.24) is 0 Å². The van der Waals surface area contributed by atoms with Crippen molar-refractivity contribution in [2.75, 3.05) is 0 Å². The van der Waals surface area contributed by atoms with Crippen LogP contribution in [0.15, 0.2) is 30.3 Å². The fourth-order valence-corrected chi connectivity index (χ4v) is 5.94. The minimum atomic E-state index is -0.972. The van der Waals surface area contributed by atoms with Crippen LogP contribution >= 0.6 is 0 Å². The smallest absolute Gasteiger partial charge is 0.0445 e. The van der Waals surface area contributed by atoms with Crippen molar-refractivity contribution in [2.24, 2.45) is 11.8 Å². The number of allylic oxidation sites excluding steroid dienone is 1. The van der Waals surface area contributed by atoms with Crippen LogP contribution in [-0.4, -0.2) is 8.07 Å². The molecule has 0 saturated carbocycles. The van der Waals surface area contributed by atoms with E-state index in [9.17, 15) is 0 Å². The van der Waals surface area contributed by atoms with Crippen LogP contribution in [0.2, 0.25) is 25.7 Å². The van der Waals surface area contributed by atoms with E-state index >= 15 is 0 Å². The van der Waals surface area contributed by atoms with Gasteiger partial charge in [-0.3, -0.25) is 0 Å². The number of fused-ring (bicyclic) bond motifs is 1. The molecule has 0 N–H and O–H groups in total. The molecule has 0 aliphatic heterocycles. The molecule has 2 rings (SSSR count). The van der Waals surface area contributed by atoms with Crippen molar-refractivity contribution in [3.05, 3.63) is 41.5 Å². The lowest BCUT2D eigenvalue weighted by Gasteiger charge is -2.35. The maximum absolute atomic E-state index is 2.49. The van der Waals surface area contributed by atoms with Crippen molar-refractivity contribution >= 4 is 14.1 Å². The minimum absolute atomic E-state index is 0.715. The molecule has 0 nitrogen and oxygen atoms in total. The lowest BCUT2D eigenvalue weighted by atomic mass is 9.73. The summed E-state index contributed by atoms with van der Waals surface area (Å²) < 4.78 is 0. The molecule has 0 bridgehead atoms. The normalized spacial score (nSPS) is 24.1. The lowest BCUT2D eigenvalue weighted by molar-refractivity contribution is 0.374. The summed E-state index contributed by atoms with van der Waals surface area (Å²) in [5, 5.41) is 0. The van der Waals surface area contributed by atoms with Crippen LogP contribution in [0.25, 0.3) is 6.08 Å². The maximum Gasteiger partial charge on any atom is 0.0445 e. The zero-order chi connectivity index (χ0) is 14.0. The predicted molar refractivity (Wildman–Crippen MR) is 89.3 cm³/mol. The van der Waals surface area contributed by atoms with Gasteiger partial charge >= 0.3 is 0 Å². The summed E-state index contributed by atoms with van der Waals surface area (Å²) in [6, 6.07) is 10.4. The quantitative estimate of drug-likeness (QED) is 0.608. The third kappa shape index (κ3) is 3.39. The Morgan fingerprint density at radius 2 is 1.84 bits per heavy atom. The van der Waals surface area contributed by atoms with Gasteiger partial charge < -0.3 is 0 Å². The topological polar surface area (TPSA) is 0 Å². The average Bonchev–Trinajstić information content (AvgIpc) is 2.35. The fraction of sp³-hybridized carbons (Fsp3) is 0.556. The van der Waals surface area contributed by atoms with Gasteiger partial charge in [0.15, 0.2) is 0 Å². The van der Waals surface area contributed by atoms with Crippen LogP contribution in [0.4, 0.5) is 0 Å². The second kappa shape index (κ2) is 5.66. The number of hydrogen-bond acceptors (Lipinski definition) is 0. The molecular weight excluding hydrogens is 244 g/mol. The van der Waals surface area contributed by atoms with Crippen molar-refractivity contribution in [1.29, 1.82) is 0 Å². The summed E-state index contributed by atoms with van der Waals surface area (Å²) in [7, 11) is -0.972. The second-order valence-electron chi connectivity index (χ2n) is 7.32. The first kappa shape index (κ1) is 14.6. The number of rotatable bonds is 4. The lowest BCUT2D eigenvalue weighted by Crippen LogP contribution is -2.29. The van der Waals surface area contributed by atoms with Crippen LogP contribution in [0.3, 0.4) is 0 Å². The van der Waals surface area contributed by atoms with Crippen LogP contribution in [0.5, 0.6) is 0 Å². The largest absolute Gasteiger partial charge is 0.0799 e. The molecule has 0 saturated heterocycles. The number of benzene rings is 1. The third-order valence-corrected chi connectivity index (χ3v) is 6.26. The average molecular weight is 273 g/mol. The van der Waals surface area contributed by atoms with E-state index in [1.54, 1.807) is 5.56 Å². The van der Waals surface area contributed by atoms with Crippen molar-refractivity contribution < 1.29 is 0 Å². The third-order valence-electron chi connectivity index (χ3n) is 4.39. The Morgan fingerprint density at radius 1 is 1.16 bits per heavy atom. The van der Waals surface area contributed by atoms with E-state index in [2.05, 4.69) is 69.9 Å². The van der Waals surface area contributed by atoms with Gasteiger partial charge in [0.25, 0.3) is 0 Å². The Hall–Kier alpha value is -0.823. The fourth-order valence-electron chi connectivity index (χ4n) is 3.74. The van der Waals surface area contributed by atoms with E-state index < -0.39 is 8.07 Å². The highest BCUT2D eigenvalue weighted by atomic mass is 28.3. The molecule has 3 unspecified atom stereocenters. The van der Waals surface area contributed by atoms with Gasteiger partial charge in [0.1, 0.15) is 0 Å². The molecule has 0 radical (unpaired) electrons. The van der Waals surface area contributed by atoms with Crippen LogP contribution in [0.1, 0.15) is 37.3 Å². The molecule has 1 aliphatic rings. The zero-order valence-electron chi connectivity index (χ0n) is 13.1. The standard InChI is InChI=1S/C18H28Si/c1-6-16-17(14(2)13-19(3,4)5)12-11-15-9-7-8-10-18(15)16/h7-12,14,16-17H,6,13H2,1-5H3. The Bertz CT molecular complexity index is 453. The van der Waals surface area contributed by atoms with E-state index in [0.29, 0.717) is 5.92 Å². The Balaban J connectivity index is 2.24. The maximum atomic E-state index is 2.49. The molecule has 0 amide bonds. The highest BCUT2D eigenvalue weighted by molar-refractivity contribution is 6.76. The molecule has 1 aliphatic carbocycles. The number of hydrogen-bond donors (Lipinski definition) is 0. The summed E-state index contributed by atoms with van der Waals surface area (Å²) in [5.74, 6) is 2.25.